The van der Waals surface area contributed by atoms with E-state index in [1.807, 2.05) is 28.9 Å². The Hall–Kier alpha value is -1.39. The maximum atomic E-state index is 5.89. The summed E-state index contributed by atoms with van der Waals surface area (Å²) in [6.45, 7) is 5.88. The molecule has 0 spiro atoms. The van der Waals surface area contributed by atoms with Crippen LogP contribution in [0.1, 0.15) is 37.7 Å². The zero-order chi connectivity index (χ0) is 13.7. The maximum absolute atomic E-state index is 5.89. The van der Waals surface area contributed by atoms with Crippen molar-refractivity contribution < 1.29 is 0 Å². The number of aromatic nitrogens is 3. The first-order valence-electron chi connectivity index (χ1n) is 6.56. The van der Waals surface area contributed by atoms with E-state index >= 15 is 0 Å². The smallest absolute Gasteiger partial charge is 0.140 e. The summed E-state index contributed by atoms with van der Waals surface area (Å²) in [6, 6.07) is 8.15. The van der Waals surface area contributed by atoms with Crippen molar-refractivity contribution in [2.45, 2.75) is 39.4 Å². The first-order valence-corrected chi connectivity index (χ1v) is 6.94. The van der Waals surface area contributed by atoms with Crippen molar-refractivity contribution in [3.63, 3.8) is 0 Å². The summed E-state index contributed by atoms with van der Waals surface area (Å²) in [7, 11) is 0. The van der Waals surface area contributed by atoms with Gasteiger partial charge in [-0.05, 0) is 31.0 Å². The molecule has 0 aliphatic heterocycles. The van der Waals surface area contributed by atoms with Crippen LogP contribution in [0.2, 0.25) is 5.02 Å². The topological polar surface area (TPSA) is 42.7 Å². The van der Waals surface area contributed by atoms with Crippen LogP contribution < -0.4 is 5.32 Å². The Morgan fingerprint density at radius 2 is 2.05 bits per heavy atom. The monoisotopic (exact) mass is 278 g/mol. The highest BCUT2D eigenvalue weighted by Crippen LogP contribution is 2.16. The first-order chi connectivity index (χ1) is 9.20. The van der Waals surface area contributed by atoms with Gasteiger partial charge in [-0.15, -0.1) is 0 Å². The molecule has 0 saturated carbocycles. The molecule has 2 aromatic rings. The van der Waals surface area contributed by atoms with Crippen LogP contribution in [-0.2, 0) is 13.1 Å². The summed E-state index contributed by atoms with van der Waals surface area (Å²) in [5.74, 6) is 0.975. The third kappa shape index (κ3) is 3.78. The van der Waals surface area contributed by atoms with E-state index < -0.39 is 0 Å². The number of halogens is 1. The lowest BCUT2D eigenvalue weighted by molar-refractivity contribution is 0.509. The third-order valence-electron chi connectivity index (χ3n) is 3.07. The molecule has 0 aliphatic carbocycles. The van der Waals surface area contributed by atoms with Crippen LogP contribution in [0, 0.1) is 0 Å². The lowest BCUT2D eigenvalue weighted by atomic mass is 10.1. The first kappa shape index (κ1) is 14.0. The Labute approximate surface area is 118 Å². The molecule has 0 aliphatic rings. The number of nitrogens with one attached hydrogen (secondary N) is 1. The van der Waals surface area contributed by atoms with Gasteiger partial charge < -0.3 is 5.32 Å². The molecule has 0 radical (unpaired) electrons. The molecule has 5 heteroatoms. The van der Waals surface area contributed by atoms with Crippen molar-refractivity contribution in [2.75, 3.05) is 0 Å². The standard InChI is InChI=1S/C14H19ClN4/c1-3-8-19-14(17-10-18-19)9-16-11(2)12-4-6-13(15)7-5-12/h4-7,10-11,16H,3,8-9H2,1-2H3. The van der Waals surface area contributed by atoms with E-state index in [1.54, 1.807) is 6.33 Å². The molecule has 0 amide bonds. The van der Waals surface area contributed by atoms with E-state index in [-0.39, 0.29) is 6.04 Å². The minimum atomic E-state index is 0.254. The summed E-state index contributed by atoms with van der Waals surface area (Å²) in [6.07, 6.45) is 2.67. The number of benzene rings is 1. The van der Waals surface area contributed by atoms with Gasteiger partial charge in [0.25, 0.3) is 0 Å². The van der Waals surface area contributed by atoms with Crippen LogP contribution in [0.5, 0.6) is 0 Å². The predicted octanol–water partition coefficient (Wildman–Crippen LogP) is 3.19. The normalized spacial score (nSPS) is 12.6. The zero-order valence-corrected chi connectivity index (χ0v) is 12.1. The number of rotatable bonds is 6. The van der Waals surface area contributed by atoms with Crippen LogP contribution in [0.4, 0.5) is 0 Å². The Morgan fingerprint density at radius 3 is 2.74 bits per heavy atom. The Kier molecular flexibility index (Phi) is 4.93. The lowest BCUT2D eigenvalue weighted by Crippen LogP contribution is -2.21. The minimum Gasteiger partial charge on any atom is -0.303 e. The predicted molar refractivity (Wildman–Crippen MR) is 77.0 cm³/mol. The summed E-state index contributed by atoms with van der Waals surface area (Å²) in [5.41, 5.74) is 1.21. The fraction of sp³-hybridized carbons (Fsp3) is 0.429. The van der Waals surface area contributed by atoms with Crippen LogP contribution in [0.25, 0.3) is 0 Å². The second-order valence-corrected chi connectivity index (χ2v) is 4.99. The Bertz CT molecular complexity index is 506. The maximum Gasteiger partial charge on any atom is 0.140 e. The van der Waals surface area contributed by atoms with Crippen LogP contribution >= 0.6 is 11.6 Å². The molecule has 19 heavy (non-hydrogen) atoms. The van der Waals surface area contributed by atoms with Crippen LogP contribution in [-0.4, -0.2) is 14.8 Å². The summed E-state index contributed by atoms with van der Waals surface area (Å²) < 4.78 is 1.95. The summed E-state index contributed by atoms with van der Waals surface area (Å²) in [4.78, 5) is 4.28. The molecule has 0 bridgehead atoms. The number of nitrogens with zero attached hydrogens (tertiary/aromatic N) is 3. The molecular weight excluding hydrogens is 260 g/mol. The van der Waals surface area contributed by atoms with Crippen LogP contribution in [0.15, 0.2) is 30.6 Å². The van der Waals surface area contributed by atoms with Gasteiger partial charge in [-0.1, -0.05) is 30.7 Å². The number of hydrogen-bond donors (Lipinski definition) is 1. The van der Waals surface area contributed by atoms with Crippen molar-refractivity contribution >= 4 is 11.6 Å². The molecule has 1 N–H and O–H groups in total. The molecule has 1 atom stereocenters. The van der Waals surface area contributed by atoms with Gasteiger partial charge in [-0.3, -0.25) is 0 Å². The molecule has 2 rings (SSSR count). The highest BCUT2D eigenvalue weighted by atomic mass is 35.5. The van der Waals surface area contributed by atoms with Gasteiger partial charge in [-0.25, -0.2) is 9.67 Å². The molecule has 0 fully saturated rings. The second-order valence-electron chi connectivity index (χ2n) is 4.55. The van der Waals surface area contributed by atoms with E-state index in [4.69, 9.17) is 11.6 Å². The second kappa shape index (κ2) is 6.68. The van der Waals surface area contributed by atoms with E-state index in [0.29, 0.717) is 6.54 Å². The zero-order valence-electron chi connectivity index (χ0n) is 11.3. The summed E-state index contributed by atoms with van der Waals surface area (Å²) >= 11 is 5.89. The SMILES string of the molecule is CCCn1ncnc1CNC(C)c1ccc(Cl)cc1. The fourth-order valence-electron chi connectivity index (χ4n) is 1.94. The molecule has 1 heterocycles. The van der Waals surface area contributed by atoms with E-state index in [0.717, 1.165) is 23.8 Å². The summed E-state index contributed by atoms with van der Waals surface area (Å²) in [5, 5.41) is 8.43. The van der Waals surface area contributed by atoms with Crippen molar-refractivity contribution in [2.24, 2.45) is 0 Å². The molecule has 102 valence electrons. The van der Waals surface area contributed by atoms with Gasteiger partial charge in [0, 0.05) is 17.6 Å². The molecule has 4 nitrogen and oxygen atoms in total. The van der Waals surface area contributed by atoms with E-state index in [1.165, 1.54) is 5.56 Å². The highest BCUT2D eigenvalue weighted by molar-refractivity contribution is 6.30. The number of aryl methyl sites for hydroxylation is 1. The Balaban J connectivity index is 1.94. The molecule has 1 unspecified atom stereocenters. The highest BCUT2D eigenvalue weighted by Gasteiger charge is 2.08. The van der Waals surface area contributed by atoms with Crippen molar-refractivity contribution in [3.05, 3.63) is 47.0 Å². The van der Waals surface area contributed by atoms with Crippen LogP contribution in [0.3, 0.4) is 0 Å². The lowest BCUT2D eigenvalue weighted by Gasteiger charge is -2.14. The van der Waals surface area contributed by atoms with Crippen molar-refractivity contribution in [1.82, 2.24) is 20.1 Å². The van der Waals surface area contributed by atoms with Crippen molar-refractivity contribution in [3.8, 4) is 0 Å². The van der Waals surface area contributed by atoms with Gasteiger partial charge in [0.15, 0.2) is 0 Å². The molecule has 0 saturated heterocycles. The van der Waals surface area contributed by atoms with Crippen molar-refractivity contribution in [1.29, 1.82) is 0 Å². The van der Waals surface area contributed by atoms with E-state index in [2.05, 4.69) is 29.2 Å². The number of hydrogen-bond acceptors (Lipinski definition) is 3. The quantitative estimate of drug-likeness (QED) is 0.882. The fourth-order valence-corrected chi connectivity index (χ4v) is 2.06. The van der Waals surface area contributed by atoms with Gasteiger partial charge in [0.1, 0.15) is 12.2 Å². The minimum absolute atomic E-state index is 0.254. The molecule has 1 aromatic carbocycles. The average molecular weight is 279 g/mol. The Morgan fingerprint density at radius 1 is 1.32 bits per heavy atom. The van der Waals surface area contributed by atoms with Gasteiger partial charge in [0.2, 0.25) is 0 Å². The van der Waals surface area contributed by atoms with Gasteiger partial charge in [0.05, 0.1) is 6.54 Å². The van der Waals surface area contributed by atoms with Gasteiger partial charge >= 0.3 is 0 Å². The van der Waals surface area contributed by atoms with E-state index in [9.17, 15) is 0 Å². The largest absolute Gasteiger partial charge is 0.303 e. The third-order valence-corrected chi connectivity index (χ3v) is 3.32. The van der Waals surface area contributed by atoms with Gasteiger partial charge in [-0.2, -0.15) is 5.10 Å². The molecule has 1 aromatic heterocycles. The molecular formula is C14H19ClN4. The average Bonchev–Trinajstić information content (AvgIpc) is 2.85.